The molecule has 0 atom stereocenters. The van der Waals surface area contributed by atoms with Crippen LogP contribution in [0.3, 0.4) is 0 Å². The lowest BCUT2D eigenvalue weighted by Crippen LogP contribution is -2.19. The minimum absolute atomic E-state index is 0.0231. The highest BCUT2D eigenvalue weighted by molar-refractivity contribution is 8.10. The van der Waals surface area contributed by atoms with Crippen molar-refractivity contribution in [2.24, 2.45) is 0 Å². The maximum absolute atomic E-state index is 11.5. The van der Waals surface area contributed by atoms with E-state index in [2.05, 4.69) is 12.6 Å². The van der Waals surface area contributed by atoms with Gasteiger partial charge in [-0.15, -0.1) is 0 Å². The highest BCUT2D eigenvalue weighted by atomic mass is 35.5. The zero-order valence-electron chi connectivity index (χ0n) is 6.28. The van der Waals surface area contributed by atoms with Crippen LogP contribution in [0.15, 0.2) is 35.2 Å². The van der Waals surface area contributed by atoms with Crippen molar-refractivity contribution in [1.82, 2.24) is 0 Å². The van der Waals surface area contributed by atoms with Gasteiger partial charge in [0.2, 0.25) is 9.84 Å². The molecule has 0 N–H and O–H groups in total. The first-order valence-corrected chi connectivity index (χ1v) is 5.88. The Morgan fingerprint density at radius 1 is 1.15 bits per heavy atom. The third-order valence-corrected chi connectivity index (χ3v) is 4.76. The van der Waals surface area contributed by atoms with E-state index in [0.29, 0.717) is 0 Å². The lowest BCUT2D eigenvalue weighted by molar-refractivity contribution is 0.597. The fourth-order valence-electron chi connectivity index (χ4n) is 0.737. The van der Waals surface area contributed by atoms with E-state index in [0.717, 1.165) is 0 Å². The summed E-state index contributed by atoms with van der Waals surface area (Å²) in [5.74, 6) is 0. The standard InChI is InChI=1S/C7H5Cl2O2S2/c8-7(9,12)13(10,11)6-4-2-1-3-5-6/h1-5H. The summed E-state index contributed by atoms with van der Waals surface area (Å²) in [5.41, 5.74) is 0. The summed E-state index contributed by atoms with van der Waals surface area (Å²) in [5, 5.41) is 0. The van der Waals surface area contributed by atoms with E-state index in [1.807, 2.05) is 0 Å². The van der Waals surface area contributed by atoms with Gasteiger partial charge in [-0.3, -0.25) is 0 Å². The van der Waals surface area contributed by atoms with E-state index in [-0.39, 0.29) is 4.90 Å². The van der Waals surface area contributed by atoms with Gasteiger partial charge in [-0.05, 0) is 24.8 Å². The normalized spacial score (nSPS) is 12.8. The van der Waals surface area contributed by atoms with Crippen LogP contribution in [0.5, 0.6) is 0 Å². The molecule has 0 unspecified atom stereocenters. The highest BCUT2D eigenvalue weighted by Crippen LogP contribution is 2.36. The molecule has 0 aliphatic carbocycles. The van der Waals surface area contributed by atoms with Crippen LogP contribution in [0, 0.1) is 0 Å². The number of hydrogen-bond acceptors (Lipinski definition) is 2. The van der Waals surface area contributed by atoms with E-state index in [4.69, 9.17) is 23.2 Å². The van der Waals surface area contributed by atoms with E-state index >= 15 is 0 Å². The smallest absolute Gasteiger partial charge is 0.220 e. The van der Waals surface area contributed by atoms with Crippen molar-refractivity contribution in [3.05, 3.63) is 30.3 Å². The average molecular weight is 256 g/mol. The van der Waals surface area contributed by atoms with E-state index < -0.39 is 12.8 Å². The lowest BCUT2D eigenvalue weighted by atomic mass is 10.4. The SMILES string of the molecule is O=S(=O)(c1ccccc1)C([S])(Cl)Cl. The molecule has 0 fully saturated rings. The van der Waals surface area contributed by atoms with Crippen LogP contribution < -0.4 is 0 Å². The molecule has 0 spiro atoms. The van der Waals surface area contributed by atoms with Crippen LogP contribution in [-0.4, -0.2) is 11.4 Å². The first kappa shape index (κ1) is 11.2. The molecule has 13 heavy (non-hydrogen) atoms. The van der Waals surface area contributed by atoms with Crippen LogP contribution in [-0.2, 0) is 9.84 Å². The van der Waals surface area contributed by atoms with Crippen molar-refractivity contribution in [2.75, 3.05) is 0 Å². The van der Waals surface area contributed by atoms with Crippen molar-refractivity contribution in [3.63, 3.8) is 0 Å². The largest absolute Gasteiger partial charge is 0.278 e. The molecule has 1 aromatic carbocycles. The molecule has 2 nitrogen and oxygen atoms in total. The summed E-state index contributed by atoms with van der Waals surface area (Å²) in [6.45, 7) is 0. The molecule has 6 heteroatoms. The molecule has 0 saturated heterocycles. The summed E-state index contributed by atoms with van der Waals surface area (Å²) in [4.78, 5) is 0.0231. The van der Waals surface area contributed by atoms with E-state index in [1.54, 1.807) is 18.2 Å². The second kappa shape index (κ2) is 3.69. The third kappa shape index (κ3) is 2.31. The van der Waals surface area contributed by atoms with Gasteiger partial charge in [-0.25, -0.2) is 8.42 Å². The van der Waals surface area contributed by atoms with Gasteiger partial charge < -0.3 is 0 Å². The lowest BCUT2D eigenvalue weighted by Gasteiger charge is -2.11. The minimum Gasteiger partial charge on any atom is -0.220 e. The molecule has 0 saturated carbocycles. The molecular formula is C7H5Cl2O2S2. The predicted molar refractivity (Wildman–Crippen MR) is 55.7 cm³/mol. The summed E-state index contributed by atoms with van der Waals surface area (Å²) in [6.07, 6.45) is 0. The van der Waals surface area contributed by atoms with Crippen molar-refractivity contribution in [2.45, 2.75) is 7.89 Å². The van der Waals surface area contributed by atoms with Gasteiger partial charge in [0.05, 0.1) is 4.90 Å². The average Bonchev–Trinajstić information content (AvgIpc) is 2.04. The van der Waals surface area contributed by atoms with Crippen LogP contribution in [0.2, 0.25) is 0 Å². The fourth-order valence-corrected chi connectivity index (χ4v) is 2.35. The van der Waals surface area contributed by atoms with Gasteiger partial charge in [0.25, 0.3) is 3.00 Å². The molecule has 1 rings (SSSR count). The van der Waals surface area contributed by atoms with Gasteiger partial charge in [-0.2, -0.15) is 0 Å². The highest BCUT2D eigenvalue weighted by Gasteiger charge is 2.38. The zero-order valence-corrected chi connectivity index (χ0v) is 9.42. The molecule has 0 amide bonds. The third-order valence-electron chi connectivity index (χ3n) is 1.37. The molecule has 1 aromatic rings. The number of sulfone groups is 1. The fraction of sp³-hybridized carbons (Fsp3) is 0.143. The van der Waals surface area contributed by atoms with E-state index in [9.17, 15) is 8.42 Å². The number of benzene rings is 1. The van der Waals surface area contributed by atoms with Gasteiger partial charge in [0, 0.05) is 0 Å². The molecule has 0 aliphatic heterocycles. The Hall–Kier alpha value is 0.1000. The van der Waals surface area contributed by atoms with Crippen LogP contribution >= 0.6 is 35.8 Å². The zero-order chi connectivity index (χ0) is 10.1. The number of halogens is 2. The second-order valence-electron chi connectivity index (χ2n) is 2.28. The van der Waals surface area contributed by atoms with Crippen LogP contribution in [0.1, 0.15) is 0 Å². The number of hydrogen-bond donors (Lipinski definition) is 0. The summed E-state index contributed by atoms with van der Waals surface area (Å²) in [7, 11) is -3.83. The molecule has 0 heterocycles. The Labute approximate surface area is 92.2 Å². The molecule has 0 bridgehead atoms. The number of rotatable bonds is 2. The van der Waals surface area contributed by atoms with Gasteiger partial charge in [0.15, 0.2) is 0 Å². The van der Waals surface area contributed by atoms with E-state index in [1.165, 1.54) is 12.1 Å². The van der Waals surface area contributed by atoms with Crippen LogP contribution in [0.4, 0.5) is 0 Å². The quantitative estimate of drug-likeness (QED) is 0.762. The van der Waals surface area contributed by atoms with Gasteiger partial charge in [-0.1, -0.05) is 41.4 Å². The summed E-state index contributed by atoms with van der Waals surface area (Å²) < 4.78 is 20.8. The Balaban J connectivity index is 3.26. The Morgan fingerprint density at radius 3 is 2.00 bits per heavy atom. The molecular weight excluding hydrogens is 251 g/mol. The van der Waals surface area contributed by atoms with Gasteiger partial charge in [0.1, 0.15) is 0 Å². The first-order valence-electron chi connectivity index (χ1n) is 3.23. The second-order valence-corrected chi connectivity index (χ2v) is 7.47. The monoisotopic (exact) mass is 255 g/mol. The number of alkyl halides is 2. The minimum atomic E-state index is -3.83. The van der Waals surface area contributed by atoms with Crippen molar-refractivity contribution in [3.8, 4) is 0 Å². The van der Waals surface area contributed by atoms with Gasteiger partial charge >= 0.3 is 0 Å². The Bertz CT molecular complexity index is 381. The molecule has 0 aliphatic rings. The molecule has 71 valence electrons. The summed E-state index contributed by atoms with van der Waals surface area (Å²) in [6, 6.07) is 7.61. The molecule has 1 radical (unpaired) electrons. The Kier molecular flexibility index (Phi) is 3.17. The van der Waals surface area contributed by atoms with Crippen molar-refractivity contribution in [1.29, 1.82) is 0 Å². The maximum atomic E-state index is 11.5. The molecule has 0 aromatic heterocycles. The van der Waals surface area contributed by atoms with Crippen molar-refractivity contribution >= 4 is 45.7 Å². The summed E-state index contributed by atoms with van der Waals surface area (Å²) >= 11 is 15.1. The Morgan fingerprint density at radius 2 is 1.62 bits per heavy atom. The topological polar surface area (TPSA) is 34.1 Å². The maximum Gasteiger partial charge on any atom is 0.278 e. The first-order chi connectivity index (χ1) is 5.86. The van der Waals surface area contributed by atoms with Crippen LogP contribution in [0.25, 0.3) is 0 Å². The van der Waals surface area contributed by atoms with Crippen molar-refractivity contribution < 1.29 is 8.42 Å². The predicted octanol–water partition coefficient (Wildman–Crippen LogP) is 2.75.